The molecule has 0 aliphatic carbocycles. The summed E-state index contributed by atoms with van der Waals surface area (Å²) in [6.45, 7) is 15.4. The van der Waals surface area contributed by atoms with Gasteiger partial charge < -0.3 is 14.7 Å². The highest BCUT2D eigenvalue weighted by molar-refractivity contribution is 7.80. The Morgan fingerprint density at radius 3 is 2.37 bits per heavy atom. The molecule has 5 nitrogen and oxygen atoms in total. The Labute approximate surface area is 186 Å². The van der Waals surface area contributed by atoms with Crippen molar-refractivity contribution in [1.82, 2.24) is 19.7 Å². The monoisotopic (exact) mass is 425 g/mol. The second-order valence-electron chi connectivity index (χ2n) is 8.87. The number of nitrogens with zero attached hydrogens (tertiary/aromatic N) is 5. The van der Waals surface area contributed by atoms with E-state index in [1.807, 2.05) is 0 Å². The van der Waals surface area contributed by atoms with Crippen molar-refractivity contribution in [3.8, 4) is 0 Å². The number of thiocarbonyl (C=S) groups is 1. The Hall–Kier alpha value is -1.60. The van der Waals surface area contributed by atoms with Crippen LogP contribution in [0, 0.1) is 6.92 Å². The standard InChI is InChI=1S/C24H35N5S/c1-4-27-11-13-29(14-12-27)24-15-19(2)22-17-20(5-6-23(22)25-24)16-21(30)18-28-9-7-26(3)8-10-28/h5-6,15,17H,4,7-14,16,18H2,1-3H3. The first-order chi connectivity index (χ1) is 14.5. The highest BCUT2D eigenvalue weighted by Gasteiger charge is 2.18. The number of pyridine rings is 1. The first-order valence-electron chi connectivity index (χ1n) is 11.3. The maximum absolute atomic E-state index is 5.75. The lowest BCUT2D eigenvalue weighted by Crippen LogP contribution is -2.46. The highest BCUT2D eigenvalue weighted by atomic mass is 32.1. The number of fused-ring (bicyclic) bond motifs is 1. The Morgan fingerprint density at radius 1 is 0.967 bits per heavy atom. The van der Waals surface area contributed by atoms with E-state index in [0.29, 0.717) is 0 Å². The number of aromatic nitrogens is 1. The molecule has 1 aromatic carbocycles. The molecular formula is C24H35N5S. The second kappa shape index (κ2) is 9.69. The van der Waals surface area contributed by atoms with E-state index in [1.165, 1.54) is 16.5 Å². The predicted octanol–water partition coefficient (Wildman–Crippen LogP) is 2.84. The zero-order chi connectivity index (χ0) is 21.1. The van der Waals surface area contributed by atoms with Gasteiger partial charge in [-0.1, -0.05) is 25.2 Å². The summed E-state index contributed by atoms with van der Waals surface area (Å²) < 4.78 is 0. The molecule has 0 unspecified atom stereocenters. The number of benzene rings is 1. The van der Waals surface area contributed by atoms with Crippen LogP contribution in [0.15, 0.2) is 24.3 Å². The van der Waals surface area contributed by atoms with E-state index in [0.717, 1.165) is 88.1 Å². The van der Waals surface area contributed by atoms with Crippen LogP contribution in [-0.4, -0.2) is 97.0 Å². The molecule has 0 atom stereocenters. The van der Waals surface area contributed by atoms with Gasteiger partial charge in [-0.2, -0.15) is 0 Å². The van der Waals surface area contributed by atoms with Crippen LogP contribution in [0.3, 0.4) is 0 Å². The van der Waals surface area contributed by atoms with Crippen LogP contribution in [0.4, 0.5) is 5.82 Å². The average molecular weight is 426 g/mol. The molecule has 0 amide bonds. The van der Waals surface area contributed by atoms with Crippen LogP contribution in [0.1, 0.15) is 18.1 Å². The fourth-order valence-corrected chi connectivity index (χ4v) is 4.88. The van der Waals surface area contributed by atoms with Crippen molar-refractivity contribution in [3.63, 3.8) is 0 Å². The molecule has 6 heteroatoms. The number of piperazine rings is 2. The summed E-state index contributed by atoms with van der Waals surface area (Å²) in [4.78, 5) is 15.9. The summed E-state index contributed by atoms with van der Waals surface area (Å²) in [5, 5.41) is 1.26. The maximum atomic E-state index is 5.75. The Bertz CT molecular complexity index is 883. The van der Waals surface area contributed by atoms with E-state index < -0.39 is 0 Å². The van der Waals surface area contributed by atoms with E-state index in [-0.39, 0.29) is 0 Å². The van der Waals surface area contributed by atoms with Gasteiger partial charge in [0.05, 0.1) is 5.52 Å². The molecule has 4 rings (SSSR count). The lowest BCUT2D eigenvalue weighted by Gasteiger charge is -2.35. The van der Waals surface area contributed by atoms with Gasteiger partial charge in [0.1, 0.15) is 5.82 Å². The topological polar surface area (TPSA) is 25.9 Å². The number of hydrogen-bond acceptors (Lipinski definition) is 6. The zero-order valence-corrected chi connectivity index (χ0v) is 19.5. The number of hydrogen-bond donors (Lipinski definition) is 0. The number of aryl methyl sites for hydroxylation is 1. The van der Waals surface area contributed by atoms with Gasteiger partial charge in [-0.25, -0.2) is 4.98 Å². The molecule has 0 bridgehead atoms. The van der Waals surface area contributed by atoms with E-state index >= 15 is 0 Å². The van der Waals surface area contributed by atoms with Gasteiger partial charge >= 0.3 is 0 Å². The van der Waals surface area contributed by atoms with Gasteiger partial charge in [0.25, 0.3) is 0 Å². The number of rotatable bonds is 6. The third-order valence-electron chi connectivity index (χ3n) is 6.61. The van der Waals surface area contributed by atoms with Gasteiger partial charge in [0.15, 0.2) is 0 Å². The largest absolute Gasteiger partial charge is 0.354 e. The minimum absolute atomic E-state index is 0.873. The molecule has 2 saturated heterocycles. The quantitative estimate of drug-likeness (QED) is 0.661. The van der Waals surface area contributed by atoms with Crippen LogP contribution in [0.25, 0.3) is 10.9 Å². The van der Waals surface area contributed by atoms with E-state index in [4.69, 9.17) is 17.2 Å². The Kier molecular flexibility index (Phi) is 6.98. The summed E-state index contributed by atoms with van der Waals surface area (Å²) in [7, 11) is 2.19. The SMILES string of the molecule is CCN1CCN(c2cc(C)c3cc(CC(=S)CN4CCN(C)CC4)ccc3n2)CC1. The van der Waals surface area contributed by atoms with Crippen molar-refractivity contribution < 1.29 is 0 Å². The molecule has 162 valence electrons. The van der Waals surface area contributed by atoms with Crippen LogP contribution >= 0.6 is 12.2 Å². The zero-order valence-electron chi connectivity index (χ0n) is 18.7. The number of anilines is 1. The van der Waals surface area contributed by atoms with Gasteiger partial charge in [0.2, 0.25) is 0 Å². The van der Waals surface area contributed by atoms with E-state index in [2.05, 4.69) is 64.8 Å². The van der Waals surface area contributed by atoms with Crippen molar-refractivity contribution in [1.29, 1.82) is 0 Å². The van der Waals surface area contributed by atoms with Gasteiger partial charge in [0, 0.05) is 75.6 Å². The fraction of sp³-hybridized carbons (Fsp3) is 0.583. The summed E-state index contributed by atoms with van der Waals surface area (Å²) >= 11 is 5.75. The summed E-state index contributed by atoms with van der Waals surface area (Å²) in [6, 6.07) is 8.95. The third kappa shape index (κ3) is 5.17. The molecule has 0 radical (unpaired) electrons. The molecule has 0 saturated carbocycles. The second-order valence-corrected chi connectivity index (χ2v) is 9.44. The summed E-state index contributed by atoms with van der Waals surface area (Å²) in [5.74, 6) is 1.12. The lowest BCUT2D eigenvalue weighted by atomic mass is 10.0. The number of likely N-dealkylation sites (N-methyl/N-ethyl adjacent to an activating group) is 2. The van der Waals surface area contributed by atoms with Crippen LogP contribution in [0.5, 0.6) is 0 Å². The molecule has 0 spiro atoms. The van der Waals surface area contributed by atoms with E-state index in [1.54, 1.807) is 0 Å². The Balaban J connectivity index is 1.42. The molecule has 2 aliphatic rings. The van der Waals surface area contributed by atoms with Crippen molar-refractivity contribution >= 4 is 33.8 Å². The first-order valence-corrected chi connectivity index (χ1v) is 11.7. The summed E-state index contributed by atoms with van der Waals surface area (Å²) in [5.41, 5.74) is 3.70. The molecular weight excluding hydrogens is 390 g/mol. The smallest absolute Gasteiger partial charge is 0.129 e. The maximum Gasteiger partial charge on any atom is 0.129 e. The first kappa shape index (κ1) is 21.6. The molecule has 1 aromatic heterocycles. The van der Waals surface area contributed by atoms with Crippen molar-refractivity contribution in [2.75, 3.05) is 77.4 Å². The fourth-order valence-electron chi connectivity index (χ4n) is 4.53. The third-order valence-corrected chi connectivity index (χ3v) is 6.88. The van der Waals surface area contributed by atoms with Crippen LogP contribution in [0.2, 0.25) is 0 Å². The van der Waals surface area contributed by atoms with Crippen LogP contribution in [-0.2, 0) is 6.42 Å². The van der Waals surface area contributed by atoms with Crippen molar-refractivity contribution in [2.45, 2.75) is 20.3 Å². The molecule has 30 heavy (non-hydrogen) atoms. The minimum atomic E-state index is 0.873. The lowest BCUT2D eigenvalue weighted by molar-refractivity contribution is 0.170. The van der Waals surface area contributed by atoms with E-state index in [9.17, 15) is 0 Å². The van der Waals surface area contributed by atoms with Crippen molar-refractivity contribution in [3.05, 3.63) is 35.4 Å². The Morgan fingerprint density at radius 2 is 1.67 bits per heavy atom. The highest BCUT2D eigenvalue weighted by Crippen LogP contribution is 2.25. The minimum Gasteiger partial charge on any atom is -0.354 e. The van der Waals surface area contributed by atoms with Gasteiger partial charge in [-0.05, 0) is 49.8 Å². The average Bonchev–Trinajstić information content (AvgIpc) is 2.75. The molecule has 2 aliphatic heterocycles. The normalized spacial score (nSPS) is 19.5. The molecule has 3 heterocycles. The molecule has 2 fully saturated rings. The summed E-state index contributed by atoms with van der Waals surface area (Å²) in [6.07, 6.45) is 0.873. The van der Waals surface area contributed by atoms with Crippen LogP contribution < -0.4 is 4.90 Å². The van der Waals surface area contributed by atoms with Crippen molar-refractivity contribution in [2.24, 2.45) is 0 Å². The molecule has 2 aromatic rings. The van der Waals surface area contributed by atoms with Gasteiger partial charge in [-0.3, -0.25) is 4.90 Å². The molecule has 0 N–H and O–H groups in total. The van der Waals surface area contributed by atoms with Gasteiger partial charge in [-0.15, -0.1) is 0 Å². The predicted molar refractivity (Wildman–Crippen MR) is 131 cm³/mol.